The number of anilines is 1. The molecule has 4 rings (SSSR count). The third kappa shape index (κ3) is 4.49. The second-order valence-electron chi connectivity index (χ2n) is 6.51. The van der Waals surface area contributed by atoms with Gasteiger partial charge in [0.25, 0.3) is 0 Å². The van der Waals surface area contributed by atoms with Crippen molar-refractivity contribution in [3.8, 4) is 11.4 Å². The Kier molecular flexibility index (Phi) is 5.64. The van der Waals surface area contributed by atoms with Gasteiger partial charge >= 0.3 is 0 Å². The number of nitrogens with one attached hydrogen (secondary N) is 1. The minimum Gasteiger partial charge on any atom is -0.310 e. The summed E-state index contributed by atoms with van der Waals surface area (Å²) >= 11 is 4.85. The summed E-state index contributed by atoms with van der Waals surface area (Å²) in [4.78, 5) is 21.9. The van der Waals surface area contributed by atoms with Crippen molar-refractivity contribution in [3.63, 3.8) is 0 Å². The van der Waals surface area contributed by atoms with Gasteiger partial charge in [0.05, 0.1) is 17.0 Å². The molecule has 0 bridgehead atoms. The van der Waals surface area contributed by atoms with Crippen molar-refractivity contribution in [3.05, 3.63) is 64.8 Å². The van der Waals surface area contributed by atoms with Crippen molar-refractivity contribution in [2.45, 2.75) is 11.9 Å². The number of carbonyl (C=O) groups excluding carboxylic acids is 1. The predicted molar refractivity (Wildman–Crippen MR) is 120 cm³/mol. The molecule has 8 heteroatoms. The summed E-state index contributed by atoms with van der Waals surface area (Å²) in [6, 6.07) is 17.6. The van der Waals surface area contributed by atoms with E-state index in [9.17, 15) is 4.79 Å². The molecular weight excluding hydrogens is 450 g/mol. The standard InChI is InChI=1S/C21H18BrN5OS/c1-13-11-18(27(2)26-13)24-19(28)12-29-21-16-5-3-4-6-17(16)23-20(25-21)14-7-9-15(22)10-8-14/h3-11H,12H2,1-2H3,(H,24,28). The van der Waals surface area contributed by atoms with Gasteiger partial charge in [-0.1, -0.05) is 58.0 Å². The van der Waals surface area contributed by atoms with E-state index in [1.54, 1.807) is 11.7 Å². The van der Waals surface area contributed by atoms with E-state index in [1.807, 2.05) is 61.5 Å². The molecule has 0 radical (unpaired) electrons. The molecule has 0 fully saturated rings. The molecule has 2 aromatic heterocycles. The van der Waals surface area contributed by atoms with E-state index in [-0.39, 0.29) is 11.7 Å². The Morgan fingerprint density at radius 1 is 1.14 bits per heavy atom. The molecule has 1 amide bonds. The molecule has 2 aromatic carbocycles. The minimum atomic E-state index is -0.106. The fourth-order valence-electron chi connectivity index (χ4n) is 2.93. The monoisotopic (exact) mass is 467 g/mol. The number of aromatic nitrogens is 4. The van der Waals surface area contributed by atoms with Crippen molar-refractivity contribution >= 4 is 50.3 Å². The number of fused-ring (bicyclic) bond motifs is 1. The number of nitrogens with zero attached hydrogens (tertiary/aromatic N) is 4. The maximum Gasteiger partial charge on any atom is 0.235 e. The number of hydrogen-bond donors (Lipinski definition) is 1. The topological polar surface area (TPSA) is 72.7 Å². The summed E-state index contributed by atoms with van der Waals surface area (Å²) in [5.74, 6) is 1.45. The van der Waals surface area contributed by atoms with Crippen LogP contribution in [0.4, 0.5) is 5.82 Å². The van der Waals surface area contributed by atoms with Gasteiger partial charge in [-0.2, -0.15) is 5.10 Å². The molecule has 0 unspecified atom stereocenters. The third-order valence-electron chi connectivity index (χ3n) is 4.28. The summed E-state index contributed by atoms with van der Waals surface area (Å²) in [5.41, 5.74) is 2.64. The van der Waals surface area contributed by atoms with Crippen molar-refractivity contribution in [1.82, 2.24) is 19.7 Å². The number of thioether (sulfide) groups is 1. The Balaban J connectivity index is 1.59. The van der Waals surface area contributed by atoms with Gasteiger partial charge < -0.3 is 5.32 Å². The molecule has 4 aromatic rings. The van der Waals surface area contributed by atoms with Crippen LogP contribution in [-0.2, 0) is 11.8 Å². The largest absolute Gasteiger partial charge is 0.310 e. The maximum atomic E-state index is 12.5. The van der Waals surface area contributed by atoms with E-state index in [1.165, 1.54) is 11.8 Å². The van der Waals surface area contributed by atoms with Gasteiger partial charge in [0.2, 0.25) is 5.91 Å². The fraction of sp³-hybridized carbons (Fsp3) is 0.143. The Labute approximate surface area is 180 Å². The highest BCUT2D eigenvalue weighted by molar-refractivity contribution is 9.10. The molecule has 0 aliphatic carbocycles. The first kappa shape index (κ1) is 19.6. The molecule has 0 aliphatic rings. The van der Waals surface area contributed by atoms with E-state index in [2.05, 4.69) is 26.3 Å². The second-order valence-corrected chi connectivity index (χ2v) is 8.39. The molecule has 1 N–H and O–H groups in total. The summed E-state index contributed by atoms with van der Waals surface area (Å²) in [6.07, 6.45) is 0. The van der Waals surface area contributed by atoms with Crippen LogP contribution >= 0.6 is 27.7 Å². The van der Waals surface area contributed by atoms with Crippen molar-refractivity contribution < 1.29 is 4.79 Å². The Hall–Kier alpha value is -2.71. The van der Waals surface area contributed by atoms with Gasteiger partial charge in [-0.25, -0.2) is 9.97 Å². The summed E-state index contributed by atoms with van der Waals surface area (Å²) < 4.78 is 2.66. The number of hydrogen-bond acceptors (Lipinski definition) is 5. The molecule has 0 saturated carbocycles. The zero-order chi connectivity index (χ0) is 20.4. The van der Waals surface area contributed by atoms with Crippen LogP contribution in [0.2, 0.25) is 0 Å². The molecule has 0 aliphatic heterocycles. The summed E-state index contributed by atoms with van der Waals surface area (Å²) in [5, 5.41) is 8.85. The lowest BCUT2D eigenvalue weighted by molar-refractivity contribution is -0.113. The van der Waals surface area contributed by atoms with E-state index in [0.717, 1.165) is 31.7 Å². The van der Waals surface area contributed by atoms with Gasteiger partial charge in [0.1, 0.15) is 10.8 Å². The molecule has 146 valence electrons. The lowest BCUT2D eigenvalue weighted by Gasteiger charge is -2.09. The van der Waals surface area contributed by atoms with E-state index < -0.39 is 0 Å². The SMILES string of the molecule is Cc1cc(NC(=O)CSc2nc(-c3ccc(Br)cc3)nc3ccccc23)n(C)n1. The molecule has 0 atom stereocenters. The first-order valence-electron chi connectivity index (χ1n) is 8.95. The number of rotatable bonds is 5. The van der Waals surface area contributed by atoms with Gasteiger partial charge in [-0.3, -0.25) is 9.48 Å². The molecule has 0 saturated heterocycles. The first-order valence-corrected chi connectivity index (χ1v) is 10.7. The Morgan fingerprint density at radius 3 is 2.62 bits per heavy atom. The van der Waals surface area contributed by atoms with E-state index in [0.29, 0.717) is 11.6 Å². The van der Waals surface area contributed by atoms with Crippen LogP contribution in [0.5, 0.6) is 0 Å². The average molecular weight is 468 g/mol. The number of carbonyl (C=O) groups is 1. The highest BCUT2D eigenvalue weighted by Crippen LogP contribution is 2.29. The van der Waals surface area contributed by atoms with Crippen molar-refractivity contribution in [1.29, 1.82) is 0 Å². The lowest BCUT2D eigenvalue weighted by Crippen LogP contribution is -2.16. The first-order chi connectivity index (χ1) is 14.0. The van der Waals surface area contributed by atoms with Crippen LogP contribution in [0.1, 0.15) is 5.69 Å². The van der Waals surface area contributed by atoms with Gasteiger partial charge in [0, 0.05) is 28.5 Å². The van der Waals surface area contributed by atoms with Crippen LogP contribution in [0.3, 0.4) is 0 Å². The zero-order valence-electron chi connectivity index (χ0n) is 15.9. The molecular formula is C21H18BrN5OS. The second kappa shape index (κ2) is 8.34. The number of halogens is 1. The van der Waals surface area contributed by atoms with E-state index >= 15 is 0 Å². The zero-order valence-corrected chi connectivity index (χ0v) is 18.3. The van der Waals surface area contributed by atoms with Crippen molar-refractivity contribution in [2.24, 2.45) is 7.05 Å². The number of aryl methyl sites for hydroxylation is 2. The van der Waals surface area contributed by atoms with Crippen LogP contribution in [0, 0.1) is 6.92 Å². The highest BCUT2D eigenvalue weighted by atomic mass is 79.9. The smallest absolute Gasteiger partial charge is 0.235 e. The number of amides is 1. The quantitative estimate of drug-likeness (QED) is 0.336. The van der Waals surface area contributed by atoms with Crippen molar-refractivity contribution in [2.75, 3.05) is 11.1 Å². The molecule has 2 heterocycles. The van der Waals surface area contributed by atoms with Gasteiger partial charge in [0.15, 0.2) is 5.82 Å². The van der Waals surface area contributed by atoms with Crippen LogP contribution in [-0.4, -0.2) is 31.4 Å². The molecule has 6 nitrogen and oxygen atoms in total. The highest BCUT2D eigenvalue weighted by Gasteiger charge is 2.13. The predicted octanol–water partition coefficient (Wildman–Crippen LogP) is 4.83. The van der Waals surface area contributed by atoms with Gasteiger partial charge in [-0.05, 0) is 25.1 Å². The normalized spacial score (nSPS) is 11.0. The molecule has 29 heavy (non-hydrogen) atoms. The average Bonchev–Trinajstić information content (AvgIpc) is 3.03. The summed E-state index contributed by atoms with van der Waals surface area (Å²) in [6.45, 7) is 1.89. The van der Waals surface area contributed by atoms with Gasteiger partial charge in [-0.15, -0.1) is 0 Å². The lowest BCUT2D eigenvalue weighted by atomic mass is 10.2. The number of benzene rings is 2. The van der Waals surface area contributed by atoms with Crippen LogP contribution in [0.25, 0.3) is 22.3 Å². The maximum absolute atomic E-state index is 12.5. The third-order valence-corrected chi connectivity index (χ3v) is 5.80. The van der Waals surface area contributed by atoms with E-state index in [4.69, 9.17) is 9.97 Å². The van der Waals surface area contributed by atoms with Crippen LogP contribution < -0.4 is 5.32 Å². The van der Waals surface area contributed by atoms with Crippen LogP contribution in [0.15, 0.2) is 64.1 Å². The number of para-hydroxylation sites is 1. The fourth-order valence-corrected chi connectivity index (χ4v) is 4.01. The summed E-state index contributed by atoms with van der Waals surface area (Å²) in [7, 11) is 1.80. The minimum absolute atomic E-state index is 0.106. The molecule has 0 spiro atoms. The Morgan fingerprint density at radius 2 is 1.90 bits per heavy atom. The Bertz CT molecular complexity index is 1190.